The number of nitrogens with zero attached hydrogens (tertiary/aromatic N) is 2. The predicted octanol–water partition coefficient (Wildman–Crippen LogP) is 1.90. The second kappa shape index (κ2) is 8.18. The zero-order valence-corrected chi connectivity index (χ0v) is 16.2. The van der Waals surface area contributed by atoms with Crippen LogP contribution in [-0.4, -0.2) is 61.3 Å². The number of carboxylic acids is 1. The number of sulfonamides is 1. The third-order valence-corrected chi connectivity index (χ3v) is 6.55. The topological polar surface area (TPSA) is 95.0 Å². The molecule has 0 saturated carbocycles. The summed E-state index contributed by atoms with van der Waals surface area (Å²) < 4.78 is 27.0. The third kappa shape index (κ3) is 4.62. The van der Waals surface area contributed by atoms with E-state index in [0.717, 1.165) is 12.8 Å². The van der Waals surface area contributed by atoms with Crippen molar-refractivity contribution in [2.24, 2.45) is 11.8 Å². The number of amides is 1. The number of carboxylic acid groups (broad SMARTS) is 1. The summed E-state index contributed by atoms with van der Waals surface area (Å²) in [7, 11) is -2.03. The molecule has 2 atom stereocenters. The van der Waals surface area contributed by atoms with Crippen molar-refractivity contribution >= 4 is 21.9 Å². The first-order valence-corrected chi connectivity index (χ1v) is 10.2. The summed E-state index contributed by atoms with van der Waals surface area (Å²) in [4.78, 5) is 24.8. The Morgan fingerprint density at radius 3 is 2.46 bits per heavy atom. The minimum Gasteiger partial charge on any atom is -0.481 e. The zero-order valence-electron chi connectivity index (χ0n) is 15.4. The van der Waals surface area contributed by atoms with Gasteiger partial charge in [-0.05, 0) is 43.0 Å². The van der Waals surface area contributed by atoms with Crippen molar-refractivity contribution in [1.29, 1.82) is 0 Å². The van der Waals surface area contributed by atoms with E-state index in [2.05, 4.69) is 0 Å². The van der Waals surface area contributed by atoms with Crippen LogP contribution in [0.4, 0.5) is 0 Å². The average Bonchev–Trinajstić information content (AvgIpc) is 2.61. The van der Waals surface area contributed by atoms with Gasteiger partial charge in [0.15, 0.2) is 0 Å². The number of rotatable bonds is 6. The standard InChI is InChI=1S/C18H26N2O5S/c1-13-5-4-10-20(11-13)26(24,25)16-8-6-15(7-9-16)17(21)19(3)12-14(2)18(22)23/h6-9,13-14H,4-5,10-12H2,1-3H3,(H,22,23). The molecule has 0 aliphatic carbocycles. The van der Waals surface area contributed by atoms with Crippen molar-refractivity contribution in [3.8, 4) is 0 Å². The minimum atomic E-state index is -3.56. The summed E-state index contributed by atoms with van der Waals surface area (Å²) >= 11 is 0. The fourth-order valence-electron chi connectivity index (χ4n) is 3.08. The van der Waals surface area contributed by atoms with Crippen molar-refractivity contribution < 1.29 is 23.1 Å². The van der Waals surface area contributed by atoms with E-state index in [1.807, 2.05) is 6.92 Å². The fraction of sp³-hybridized carbons (Fsp3) is 0.556. The maximum atomic E-state index is 12.7. The lowest BCUT2D eigenvalue weighted by Crippen LogP contribution is -2.39. The number of carbonyl (C=O) groups excluding carboxylic acids is 1. The molecule has 2 unspecified atom stereocenters. The van der Waals surface area contributed by atoms with Gasteiger partial charge in [-0.1, -0.05) is 13.8 Å². The Morgan fingerprint density at radius 2 is 1.92 bits per heavy atom. The summed E-state index contributed by atoms with van der Waals surface area (Å²) in [5.74, 6) is -1.65. The van der Waals surface area contributed by atoms with Gasteiger partial charge in [-0.15, -0.1) is 0 Å². The molecular formula is C18H26N2O5S. The fourth-order valence-corrected chi connectivity index (χ4v) is 4.67. The quantitative estimate of drug-likeness (QED) is 0.811. The van der Waals surface area contributed by atoms with Crippen LogP contribution in [0.1, 0.15) is 37.0 Å². The van der Waals surface area contributed by atoms with Gasteiger partial charge < -0.3 is 10.0 Å². The maximum Gasteiger partial charge on any atom is 0.308 e. The van der Waals surface area contributed by atoms with E-state index in [-0.39, 0.29) is 17.3 Å². The van der Waals surface area contributed by atoms with Gasteiger partial charge in [-0.25, -0.2) is 8.42 Å². The Morgan fingerprint density at radius 1 is 1.31 bits per heavy atom. The van der Waals surface area contributed by atoms with Gasteiger partial charge in [-0.3, -0.25) is 9.59 Å². The number of carbonyl (C=O) groups is 2. The van der Waals surface area contributed by atoms with Gasteiger partial charge in [0, 0.05) is 32.2 Å². The van der Waals surface area contributed by atoms with Crippen LogP contribution < -0.4 is 0 Å². The first-order valence-electron chi connectivity index (χ1n) is 8.71. The molecule has 1 fully saturated rings. The molecule has 1 aliphatic heterocycles. The second-order valence-electron chi connectivity index (χ2n) is 7.06. The van der Waals surface area contributed by atoms with E-state index in [1.54, 1.807) is 0 Å². The molecule has 1 amide bonds. The zero-order chi connectivity index (χ0) is 19.5. The van der Waals surface area contributed by atoms with Crippen molar-refractivity contribution in [1.82, 2.24) is 9.21 Å². The molecule has 1 aromatic carbocycles. The predicted molar refractivity (Wildman–Crippen MR) is 97.4 cm³/mol. The highest BCUT2D eigenvalue weighted by molar-refractivity contribution is 7.89. The Bertz CT molecular complexity index is 760. The summed E-state index contributed by atoms with van der Waals surface area (Å²) in [5, 5.41) is 8.94. The van der Waals surface area contributed by atoms with E-state index < -0.39 is 21.9 Å². The van der Waals surface area contributed by atoms with Crippen LogP contribution in [0.15, 0.2) is 29.2 Å². The lowest BCUT2D eigenvalue weighted by Gasteiger charge is -2.30. The maximum absolute atomic E-state index is 12.7. The molecule has 1 aromatic rings. The lowest BCUT2D eigenvalue weighted by molar-refractivity contribution is -0.141. The molecule has 1 heterocycles. The first-order chi connectivity index (χ1) is 12.1. The summed E-state index contributed by atoms with van der Waals surface area (Å²) in [6.45, 7) is 4.68. The Hall–Kier alpha value is -1.93. The molecular weight excluding hydrogens is 356 g/mol. The van der Waals surface area contributed by atoms with Crippen LogP contribution in [0.5, 0.6) is 0 Å². The summed E-state index contributed by atoms with van der Waals surface area (Å²) in [6.07, 6.45) is 1.88. The van der Waals surface area contributed by atoms with E-state index in [4.69, 9.17) is 5.11 Å². The Balaban J connectivity index is 2.12. The SMILES string of the molecule is CC1CCCN(S(=O)(=O)c2ccc(C(=O)N(C)CC(C)C(=O)O)cc2)C1. The molecule has 2 rings (SSSR count). The van der Waals surface area contributed by atoms with Crippen molar-refractivity contribution in [2.75, 3.05) is 26.7 Å². The molecule has 1 aliphatic rings. The van der Waals surface area contributed by atoms with Crippen LogP contribution in [0, 0.1) is 11.8 Å². The third-order valence-electron chi connectivity index (χ3n) is 4.67. The largest absolute Gasteiger partial charge is 0.481 e. The number of benzene rings is 1. The molecule has 8 heteroatoms. The molecule has 0 bridgehead atoms. The Labute approximate surface area is 154 Å². The number of piperidine rings is 1. The molecule has 1 N–H and O–H groups in total. The van der Waals surface area contributed by atoms with Gasteiger partial charge in [-0.2, -0.15) is 4.31 Å². The first kappa shape index (κ1) is 20.4. The van der Waals surface area contributed by atoms with Gasteiger partial charge in [0.05, 0.1) is 10.8 Å². The van der Waals surface area contributed by atoms with E-state index in [9.17, 15) is 18.0 Å². The molecule has 1 saturated heterocycles. The molecule has 0 radical (unpaired) electrons. The van der Waals surface area contributed by atoms with Crippen LogP contribution >= 0.6 is 0 Å². The van der Waals surface area contributed by atoms with Crippen molar-refractivity contribution in [2.45, 2.75) is 31.6 Å². The number of hydrogen-bond acceptors (Lipinski definition) is 4. The molecule has 0 aromatic heterocycles. The molecule has 26 heavy (non-hydrogen) atoms. The van der Waals surface area contributed by atoms with E-state index >= 15 is 0 Å². The molecule has 144 valence electrons. The highest BCUT2D eigenvalue weighted by atomic mass is 32.2. The van der Waals surface area contributed by atoms with Crippen molar-refractivity contribution in [3.63, 3.8) is 0 Å². The van der Waals surface area contributed by atoms with Crippen LogP contribution in [0.3, 0.4) is 0 Å². The highest BCUT2D eigenvalue weighted by Crippen LogP contribution is 2.23. The smallest absolute Gasteiger partial charge is 0.308 e. The summed E-state index contributed by atoms with van der Waals surface area (Å²) in [5.41, 5.74) is 0.330. The van der Waals surface area contributed by atoms with Crippen LogP contribution in [0.25, 0.3) is 0 Å². The van der Waals surface area contributed by atoms with E-state index in [0.29, 0.717) is 24.6 Å². The monoisotopic (exact) mass is 382 g/mol. The van der Waals surface area contributed by atoms with Crippen LogP contribution in [-0.2, 0) is 14.8 Å². The molecule has 0 spiro atoms. The van der Waals surface area contributed by atoms with Gasteiger partial charge in [0.25, 0.3) is 5.91 Å². The van der Waals surface area contributed by atoms with Gasteiger partial charge in [0.1, 0.15) is 0 Å². The van der Waals surface area contributed by atoms with Gasteiger partial charge in [0.2, 0.25) is 10.0 Å². The highest BCUT2D eigenvalue weighted by Gasteiger charge is 2.29. The van der Waals surface area contributed by atoms with Crippen LogP contribution in [0.2, 0.25) is 0 Å². The number of hydrogen-bond donors (Lipinski definition) is 1. The van der Waals surface area contributed by atoms with Crippen molar-refractivity contribution in [3.05, 3.63) is 29.8 Å². The van der Waals surface area contributed by atoms with E-state index in [1.165, 1.54) is 47.4 Å². The Kier molecular flexibility index (Phi) is 6.41. The normalized spacial score (nSPS) is 19.7. The lowest BCUT2D eigenvalue weighted by atomic mass is 10.0. The summed E-state index contributed by atoms with van der Waals surface area (Å²) in [6, 6.07) is 5.83. The number of aliphatic carboxylic acids is 1. The van der Waals surface area contributed by atoms with Gasteiger partial charge >= 0.3 is 5.97 Å². The molecule has 7 nitrogen and oxygen atoms in total. The minimum absolute atomic E-state index is 0.0832. The second-order valence-corrected chi connectivity index (χ2v) is 9.00. The average molecular weight is 382 g/mol.